The number of nitrogens with one attached hydrogen (secondary N) is 1. The molecule has 5 N–H and O–H groups in total. The minimum Gasteiger partial charge on any atom is -0.444 e. The summed E-state index contributed by atoms with van der Waals surface area (Å²) in [5.41, 5.74) is 7.37. The Balaban J connectivity index is 2.11. The lowest BCUT2D eigenvalue weighted by atomic mass is 9.92. The fraction of sp³-hybridized carbons (Fsp3) is 0.435. The first-order valence-corrected chi connectivity index (χ1v) is 9.85. The van der Waals surface area contributed by atoms with E-state index in [9.17, 15) is 15.0 Å². The largest absolute Gasteiger partial charge is 0.444 e. The van der Waals surface area contributed by atoms with Gasteiger partial charge >= 0.3 is 6.09 Å². The maximum absolute atomic E-state index is 12.3. The maximum Gasteiger partial charge on any atom is 0.407 e. The van der Waals surface area contributed by atoms with Crippen molar-refractivity contribution in [1.82, 2.24) is 5.32 Å². The van der Waals surface area contributed by atoms with E-state index in [1.807, 2.05) is 60.7 Å². The van der Waals surface area contributed by atoms with E-state index in [1.54, 1.807) is 20.8 Å². The van der Waals surface area contributed by atoms with Crippen molar-refractivity contribution in [2.75, 3.05) is 0 Å². The Labute approximate surface area is 172 Å². The number of benzene rings is 2. The van der Waals surface area contributed by atoms with E-state index in [0.717, 1.165) is 11.1 Å². The van der Waals surface area contributed by atoms with Crippen molar-refractivity contribution >= 4 is 6.09 Å². The maximum atomic E-state index is 12.3. The zero-order valence-corrected chi connectivity index (χ0v) is 17.3. The van der Waals surface area contributed by atoms with Crippen molar-refractivity contribution < 1.29 is 19.7 Å². The van der Waals surface area contributed by atoms with Crippen LogP contribution in [0.5, 0.6) is 0 Å². The van der Waals surface area contributed by atoms with Gasteiger partial charge in [0.15, 0.2) is 0 Å². The van der Waals surface area contributed by atoms with Crippen molar-refractivity contribution in [2.45, 2.75) is 63.5 Å². The van der Waals surface area contributed by atoms with E-state index in [4.69, 9.17) is 10.5 Å². The third kappa shape index (κ3) is 7.85. The second-order valence-corrected chi connectivity index (χ2v) is 8.28. The summed E-state index contributed by atoms with van der Waals surface area (Å²) in [4.78, 5) is 12.3. The van der Waals surface area contributed by atoms with Gasteiger partial charge in [0, 0.05) is 6.04 Å². The van der Waals surface area contributed by atoms with Gasteiger partial charge in [-0.2, -0.15) is 0 Å². The van der Waals surface area contributed by atoms with Crippen LogP contribution in [0.3, 0.4) is 0 Å². The van der Waals surface area contributed by atoms with Gasteiger partial charge in [0.1, 0.15) is 11.7 Å². The number of nitrogens with two attached hydrogens (primary N) is 1. The molecule has 29 heavy (non-hydrogen) atoms. The first-order valence-electron chi connectivity index (χ1n) is 9.85. The van der Waals surface area contributed by atoms with Gasteiger partial charge in [-0.3, -0.25) is 0 Å². The predicted molar refractivity (Wildman–Crippen MR) is 113 cm³/mol. The van der Waals surface area contributed by atoms with E-state index >= 15 is 0 Å². The van der Waals surface area contributed by atoms with Gasteiger partial charge in [-0.25, -0.2) is 4.79 Å². The van der Waals surface area contributed by atoms with E-state index in [0.29, 0.717) is 12.8 Å². The van der Waals surface area contributed by atoms with Crippen LogP contribution in [0.25, 0.3) is 0 Å². The highest BCUT2D eigenvalue weighted by molar-refractivity contribution is 5.68. The molecular formula is C23H32N2O4. The molecule has 0 heterocycles. The molecule has 0 radical (unpaired) electrons. The summed E-state index contributed by atoms with van der Waals surface area (Å²) in [6.07, 6.45) is -2.40. The van der Waals surface area contributed by atoms with Crippen molar-refractivity contribution in [1.29, 1.82) is 0 Å². The van der Waals surface area contributed by atoms with Crippen LogP contribution in [0.15, 0.2) is 60.7 Å². The van der Waals surface area contributed by atoms with Crippen LogP contribution >= 0.6 is 0 Å². The van der Waals surface area contributed by atoms with Crippen LogP contribution in [0, 0.1) is 0 Å². The Morgan fingerprint density at radius 3 is 1.90 bits per heavy atom. The minimum atomic E-state index is -1.26. The zero-order chi connectivity index (χ0) is 21.4. The molecule has 0 aliphatic carbocycles. The number of hydrogen-bond donors (Lipinski definition) is 4. The molecule has 0 saturated carbocycles. The molecule has 6 heteroatoms. The van der Waals surface area contributed by atoms with E-state index in [2.05, 4.69) is 5.32 Å². The predicted octanol–water partition coefficient (Wildman–Crippen LogP) is 2.41. The summed E-state index contributed by atoms with van der Waals surface area (Å²) in [6, 6.07) is 17.5. The summed E-state index contributed by atoms with van der Waals surface area (Å²) in [5, 5.41) is 24.2. The highest BCUT2D eigenvalue weighted by Gasteiger charge is 2.32. The Bertz CT molecular complexity index is 746. The molecule has 1 amide bonds. The number of aliphatic hydroxyl groups excluding tert-OH is 2. The zero-order valence-electron chi connectivity index (χ0n) is 17.3. The smallest absolute Gasteiger partial charge is 0.407 e. The molecule has 158 valence electrons. The molecule has 0 unspecified atom stereocenters. The Kier molecular flexibility index (Phi) is 8.20. The minimum absolute atomic E-state index is 0.330. The van der Waals surface area contributed by atoms with Gasteiger partial charge in [0.25, 0.3) is 0 Å². The van der Waals surface area contributed by atoms with Crippen LogP contribution in [-0.4, -0.2) is 46.2 Å². The number of carbonyl (C=O) groups is 1. The molecule has 0 aliphatic rings. The average Bonchev–Trinajstić information content (AvgIpc) is 2.66. The van der Waals surface area contributed by atoms with Crippen LogP contribution in [0.1, 0.15) is 31.9 Å². The summed E-state index contributed by atoms with van der Waals surface area (Å²) >= 11 is 0. The first-order chi connectivity index (χ1) is 13.7. The van der Waals surface area contributed by atoms with E-state index in [1.165, 1.54) is 0 Å². The number of aliphatic hydroxyl groups is 2. The number of hydrogen-bond acceptors (Lipinski definition) is 5. The van der Waals surface area contributed by atoms with E-state index < -0.39 is 36.0 Å². The SMILES string of the molecule is CC(C)(C)OC(=O)N[C@@H](Cc1ccccc1)[C@H](O)[C@H](O)[C@@H](N)Cc1ccccc1. The highest BCUT2D eigenvalue weighted by Crippen LogP contribution is 2.15. The molecule has 0 fully saturated rings. The van der Waals surface area contributed by atoms with Crippen molar-refractivity contribution in [2.24, 2.45) is 5.73 Å². The topological polar surface area (TPSA) is 105 Å². The lowest BCUT2D eigenvalue weighted by molar-refractivity contribution is -0.0205. The van der Waals surface area contributed by atoms with E-state index in [-0.39, 0.29) is 0 Å². The van der Waals surface area contributed by atoms with Crippen molar-refractivity contribution in [3.8, 4) is 0 Å². The molecule has 0 saturated heterocycles. The summed E-state index contributed by atoms with van der Waals surface area (Å²) in [5.74, 6) is 0. The van der Waals surface area contributed by atoms with Gasteiger partial charge in [0.2, 0.25) is 0 Å². The molecule has 2 rings (SSSR count). The second-order valence-electron chi connectivity index (χ2n) is 8.28. The van der Waals surface area contributed by atoms with Crippen molar-refractivity contribution in [3.63, 3.8) is 0 Å². The van der Waals surface area contributed by atoms with Gasteiger partial charge < -0.3 is 26.0 Å². The lowest BCUT2D eigenvalue weighted by Crippen LogP contribution is -2.55. The normalized spacial score (nSPS) is 15.8. The standard InChI is InChI=1S/C23H32N2O4/c1-23(2,3)29-22(28)25-19(15-17-12-8-5-9-13-17)21(27)20(26)18(24)14-16-10-6-4-7-11-16/h4-13,18-21,26-27H,14-15,24H2,1-3H3,(H,25,28)/t18-,19-,20+,21-/m0/s1. The third-order valence-electron chi connectivity index (χ3n) is 4.52. The molecule has 4 atom stereocenters. The average molecular weight is 401 g/mol. The monoisotopic (exact) mass is 400 g/mol. The molecule has 6 nitrogen and oxygen atoms in total. The molecule has 0 aliphatic heterocycles. The molecule has 0 aromatic heterocycles. The third-order valence-corrected chi connectivity index (χ3v) is 4.52. The molecule has 0 bridgehead atoms. The molecule has 2 aromatic rings. The Morgan fingerprint density at radius 1 is 0.931 bits per heavy atom. The van der Waals surface area contributed by atoms with Gasteiger partial charge in [0.05, 0.1) is 12.1 Å². The van der Waals surface area contributed by atoms with Gasteiger partial charge in [-0.15, -0.1) is 0 Å². The quantitative estimate of drug-likeness (QED) is 0.545. The van der Waals surface area contributed by atoms with Gasteiger partial charge in [-0.1, -0.05) is 60.7 Å². The number of ether oxygens (including phenoxy) is 1. The summed E-state index contributed by atoms with van der Waals surface area (Å²) in [6.45, 7) is 5.29. The molecule has 0 spiro atoms. The fourth-order valence-electron chi connectivity index (χ4n) is 3.08. The van der Waals surface area contributed by atoms with Crippen LogP contribution < -0.4 is 11.1 Å². The van der Waals surface area contributed by atoms with Gasteiger partial charge in [-0.05, 0) is 44.7 Å². The second kappa shape index (κ2) is 10.4. The number of alkyl carbamates (subject to hydrolysis) is 1. The van der Waals surface area contributed by atoms with Crippen LogP contribution in [-0.2, 0) is 17.6 Å². The highest BCUT2D eigenvalue weighted by atomic mass is 16.6. The molecule has 2 aromatic carbocycles. The summed E-state index contributed by atoms with van der Waals surface area (Å²) in [7, 11) is 0. The fourth-order valence-corrected chi connectivity index (χ4v) is 3.08. The van der Waals surface area contributed by atoms with Crippen molar-refractivity contribution in [3.05, 3.63) is 71.8 Å². The number of amides is 1. The first kappa shape index (κ1) is 22.9. The Morgan fingerprint density at radius 2 is 1.41 bits per heavy atom. The summed E-state index contributed by atoms with van der Waals surface area (Å²) < 4.78 is 5.32. The van der Waals surface area contributed by atoms with Crippen LogP contribution in [0.2, 0.25) is 0 Å². The number of carbonyl (C=O) groups excluding carboxylic acids is 1. The number of rotatable bonds is 8. The molecular weight excluding hydrogens is 368 g/mol. The lowest BCUT2D eigenvalue weighted by Gasteiger charge is -2.31. The Hall–Kier alpha value is -2.41. The van der Waals surface area contributed by atoms with Crippen LogP contribution in [0.4, 0.5) is 4.79 Å².